The van der Waals surface area contributed by atoms with Gasteiger partial charge in [0.25, 0.3) is 0 Å². The third-order valence-corrected chi connectivity index (χ3v) is 3.99. The van der Waals surface area contributed by atoms with Gasteiger partial charge >= 0.3 is 0 Å². The molecule has 0 radical (unpaired) electrons. The van der Waals surface area contributed by atoms with Crippen molar-refractivity contribution in [2.75, 3.05) is 0 Å². The first-order valence-electron chi connectivity index (χ1n) is 6.94. The number of halogens is 1. The van der Waals surface area contributed by atoms with Gasteiger partial charge in [-0.2, -0.15) is 0 Å². The number of carbonyl (C=O) groups excluding carboxylic acids is 1. The number of amides is 1. The van der Waals surface area contributed by atoms with Gasteiger partial charge in [-0.25, -0.2) is 4.98 Å². The van der Waals surface area contributed by atoms with Gasteiger partial charge in [0.05, 0.1) is 29.8 Å². The Labute approximate surface area is 128 Å². The van der Waals surface area contributed by atoms with Crippen LogP contribution in [0.2, 0.25) is 5.02 Å². The largest absolute Gasteiger partial charge is 0.348 e. The molecule has 21 heavy (non-hydrogen) atoms. The Hall–Kier alpha value is -1.85. The zero-order valence-corrected chi connectivity index (χ0v) is 12.4. The number of aromatic nitrogens is 2. The number of carbonyl (C=O) groups is 1. The molecule has 0 saturated heterocycles. The summed E-state index contributed by atoms with van der Waals surface area (Å²) in [4.78, 5) is 19.7. The Kier molecular flexibility index (Phi) is 3.94. The molecule has 3 N–H and O–H groups in total. The zero-order chi connectivity index (χ0) is 14.8. The number of aromatic amines is 1. The number of benzene rings is 1. The minimum Gasteiger partial charge on any atom is -0.348 e. The molecule has 1 aliphatic heterocycles. The first-order chi connectivity index (χ1) is 10.1. The molecule has 1 aromatic heterocycles. The molecule has 1 amide bonds. The van der Waals surface area contributed by atoms with Crippen LogP contribution in [0.5, 0.6) is 0 Å². The quantitative estimate of drug-likeness (QED) is 0.812. The van der Waals surface area contributed by atoms with Crippen LogP contribution in [0.15, 0.2) is 30.6 Å². The Bertz CT molecular complexity index is 655. The van der Waals surface area contributed by atoms with E-state index in [0.717, 1.165) is 17.0 Å². The molecule has 2 atom stereocenters. The van der Waals surface area contributed by atoms with Gasteiger partial charge < -0.3 is 10.3 Å². The Morgan fingerprint density at radius 1 is 1.52 bits per heavy atom. The summed E-state index contributed by atoms with van der Waals surface area (Å²) in [5.41, 5.74) is 3.01. The molecule has 5 nitrogen and oxygen atoms in total. The van der Waals surface area contributed by atoms with E-state index < -0.39 is 0 Å². The van der Waals surface area contributed by atoms with Crippen LogP contribution in [0.3, 0.4) is 0 Å². The van der Waals surface area contributed by atoms with E-state index in [1.165, 1.54) is 0 Å². The molecule has 0 spiro atoms. The summed E-state index contributed by atoms with van der Waals surface area (Å²) >= 11 is 5.98. The number of hydrogen-bond acceptors (Lipinski definition) is 3. The van der Waals surface area contributed by atoms with Crippen molar-refractivity contribution < 1.29 is 4.79 Å². The topological polar surface area (TPSA) is 69.8 Å². The fourth-order valence-corrected chi connectivity index (χ4v) is 2.73. The first kappa shape index (κ1) is 14.1. The Morgan fingerprint density at radius 3 is 3.19 bits per heavy atom. The van der Waals surface area contributed by atoms with E-state index in [0.29, 0.717) is 18.0 Å². The minimum absolute atomic E-state index is 0.0175. The second kappa shape index (κ2) is 5.87. The molecule has 3 rings (SSSR count). The average Bonchev–Trinajstić information content (AvgIpc) is 2.94. The van der Waals surface area contributed by atoms with E-state index in [-0.39, 0.29) is 18.0 Å². The highest BCUT2D eigenvalue weighted by molar-refractivity contribution is 6.30. The fraction of sp³-hybridized carbons (Fsp3) is 0.333. The summed E-state index contributed by atoms with van der Waals surface area (Å²) in [6.45, 7) is 2.59. The van der Waals surface area contributed by atoms with Crippen molar-refractivity contribution >= 4 is 17.5 Å². The van der Waals surface area contributed by atoms with Crippen LogP contribution in [-0.4, -0.2) is 21.9 Å². The number of nitrogens with one attached hydrogen (secondary N) is 3. The number of nitrogens with zero attached hydrogens (tertiary/aromatic N) is 1. The highest BCUT2D eigenvalue weighted by Crippen LogP contribution is 2.18. The Morgan fingerprint density at radius 2 is 2.38 bits per heavy atom. The van der Waals surface area contributed by atoms with Gasteiger partial charge in [0.1, 0.15) is 0 Å². The van der Waals surface area contributed by atoms with Crippen LogP contribution in [0, 0.1) is 0 Å². The second-order valence-corrected chi connectivity index (χ2v) is 5.69. The molecular formula is C15H17ClN4O. The lowest BCUT2D eigenvalue weighted by Gasteiger charge is -2.24. The fourth-order valence-electron chi connectivity index (χ4n) is 2.53. The number of H-pyrrole nitrogens is 1. The maximum absolute atomic E-state index is 12.4. The number of imidazole rings is 1. The molecule has 0 saturated carbocycles. The van der Waals surface area contributed by atoms with E-state index >= 15 is 0 Å². The smallest absolute Gasteiger partial charge is 0.238 e. The maximum atomic E-state index is 12.4. The molecule has 1 aromatic carbocycles. The van der Waals surface area contributed by atoms with Gasteiger partial charge in [-0.05, 0) is 24.6 Å². The van der Waals surface area contributed by atoms with Crippen LogP contribution in [0.1, 0.15) is 29.9 Å². The highest BCUT2D eigenvalue weighted by Gasteiger charge is 2.26. The number of hydrogen-bond donors (Lipinski definition) is 3. The summed E-state index contributed by atoms with van der Waals surface area (Å²) in [6, 6.07) is 7.20. The standard InChI is InChI=1S/C15H17ClN4O/c1-9(10-3-2-4-11(16)5-10)20-15(21)13-6-12-14(7-17-13)19-8-18-12/h2-5,8-9,13,17H,6-7H2,1H3,(H,18,19)(H,20,21). The number of rotatable bonds is 3. The van der Waals surface area contributed by atoms with Gasteiger partial charge in [0.15, 0.2) is 0 Å². The van der Waals surface area contributed by atoms with Crippen molar-refractivity contribution in [1.29, 1.82) is 0 Å². The van der Waals surface area contributed by atoms with Gasteiger partial charge in [0, 0.05) is 18.0 Å². The van der Waals surface area contributed by atoms with E-state index in [4.69, 9.17) is 11.6 Å². The molecule has 0 bridgehead atoms. The van der Waals surface area contributed by atoms with Gasteiger partial charge in [0.2, 0.25) is 5.91 Å². The van der Waals surface area contributed by atoms with Crippen molar-refractivity contribution in [1.82, 2.24) is 20.6 Å². The Balaban J connectivity index is 1.64. The van der Waals surface area contributed by atoms with Gasteiger partial charge in [-0.3, -0.25) is 10.1 Å². The third-order valence-electron chi connectivity index (χ3n) is 3.75. The number of fused-ring (bicyclic) bond motifs is 1. The van der Waals surface area contributed by atoms with E-state index in [1.54, 1.807) is 6.33 Å². The van der Waals surface area contributed by atoms with Crippen LogP contribution in [-0.2, 0) is 17.8 Å². The maximum Gasteiger partial charge on any atom is 0.238 e. The summed E-state index contributed by atoms with van der Waals surface area (Å²) in [5, 5.41) is 6.91. The lowest BCUT2D eigenvalue weighted by Crippen LogP contribution is -2.48. The molecule has 2 unspecified atom stereocenters. The molecule has 110 valence electrons. The van der Waals surface area contributed by atoms with Crippen LogP contribution >= 0.6 is 11.6 Å². The summed E-state index contributed by atoms with van der Waals surface area (Å²) in [6.07, 6.45) is 2.27. The van der Waals surface area contributed by atoms with Gasteiger partial charge in [-0.1, -0.05) is 23.7 Å². The first-order valence-corrected chi connectivity index (χ1v) is 7.31. The monoisotopic (exact) mass is 304 g/mol. The van der Waals surface area contributed by atoms with Crippen molar-refractivity contribution in [2.24, 2.45) is 0 Å². The normalized spacial score (nSPS) is 18.9. The second-order valence-electron chi connectivity index (χ2n) is 5.25. The molecule has 1 aliphatic rings. The lowest BCUT2D eigenvalue weighted by molar-refractivity contribution is -0.124. The molecule has 0 aliphatic carbocycles. The summed E-state index contributed by atoms with van der Waals surface area (Å²) < 4.78 is 0. The zero-order valence-electron chi connectivity index (χ0n) is 11.7. The lowest BCUT2D eigenvalue weighted by atomic mass is 10.0. The predicted molar refractivity (Wildman–Crippen MR) is 80.9 cm³/mol. The molecular weight excluding hydrogens is 288 g/mol. The molecule has 2 heterocycles. The highest BCUT2D eigenvalue weighted by atomic mass is 35.5. The van der Waals surface area contributed by atoms with Crippen molar-refractivity contribution in [3.63, 3.8) is 0 Å². The predicted octanol–water partition coefficient (Wildman–Crippen LogP) is 1.95. The van der Waals surface area contributed by atoms with E-state index in [1.807, 2.05) is 31.2 Å². The molecule has 0 fully saturated rings. The molecule has 2 aromatic rings. The van der Waals surface area contributed by atoms with E-state index in [9.17, 15) is 4.79 Å². The van der Waals surface area contributed by atoms with Crippen LogP contribution in [0.25, 0.3) is 0 Å². The van der Waals surface area contributed by atoms with E-state index in [2.05, 4.69) is 20.6 Å². The third kappa shape index (κ3) is 3.09. The summed E-state index contributed by atoms with van der Waals surface area (Å²) in [7, 11) is 0. The minimum atomic E-state index is -0.248. The SMILES string of the molecule is CC(NC(=O)C1Cc2nc[nH]c2CN1)c1cccc(Cl)c1. The van der Waals surface area contributed by atoms with Crippen molar-refractivity contribution in [2.45, 2.75) is 32.0 Å². The van der Waals surface area contributed by atoms with Crippen LogP contribution < -0.4 is 10.6 Å². The van der Waals surface area contributed by atoms with Crippen LogP contribution in [0.4, 0.5) is 0 Å². The van der Waals surface area contributed by atoms with Crippen molar-refractivity contribution in [3.8, 4) is 0 Å². The van der Waals surface area contributed by atoms with Gasteiger partial charge in [-0.15, -0.1) is 0 Å². The average molecular weight is 305 g/mol. The molecule has 6 heteroatoms. The summed E-state index contributed by atoms with van der Waals surface area (Å²) in [5.74, 6) is -0.0175. The van der Waals surface area contributed by atoms with Crippen molar-refractivity contribution in [3.05, 3.63) is 52.6 Å².